The molecule has 0 saturated carbocycles. The molecule has 0 aromatic heterocycles. The van der Waals surface area contributed by atoms with Crippen LogP contribution in [-0.2, 0) is 14.8 Å². The lowest BCUT2D eigenvalue weighted by Crippen LogP contribution is -2.37. The van der Waals surface area contributed by atoms with Gasteiger partial charge in [-0.05, 0) is 36.4 Å². The molecule has 1 heterocycles. The highest BCUT2D eigenvalue weighted by Gasteiger charge is 2.26. The lowest BCUT2D eigenvalue weighted by atomic mass is 10.1. The fourth-order valence-electron chi connectivity index (χ4n) is 3.41. The van der Waals surface area contributed by atoms with Crippen LogP contribution in [0.4, 0.5) is 11.4 Å². The van der Waals surface area contributed by atoms with Gasteiger partial charge >= 0.3 is 0 Å². The Morgan fingerprint density at radius 1 is 1.13 bits per heavy atom. The van der Waals surface area contributed by atoms with E-state index in [1.165, 1.54) is 10.4 Å². The smallest absolute Gasteiger partial charge is 0.257 e. The van der Waals surface area contributed by atoms with Crippen LogP contribution in [0.25, 0.3) is 0 Å². The Bertz CT molecular complexity index is 1000. The van der Waals surface area contributed by atoms with E-state index in [-0.39, 0.29) is 4.90 Å². The molecule has 3 rings (SSSR count). The molecule has 7 nitrogen and oxygen atoms in total. The van der Waals surface area contributed by atoms with E-state index in [2.05, 4.69) is 5.32 Å². The van der Waals surface area contributed by atoms with Crippen LogP contribution >= 0.6 is 11.6 Å². The van der Waals surface area contributed by atoms with Crippen LogP contribution in [0.5, 0.6) is 0 Å². The molecule has 1 N–H and O–H groups in total. The van der Waals surface area contributed by atoms with Gasteiger partial charge < -0.3 is 15.0 Å². The van der Waals surface area contributed by atoms with E-state index in [4.69, 9.17) is 16.3 Å². The second kappa shape index (κ2) is 9.78. The van der Waals surface area contributed by atoms with Gasteiger partial charge in [0.15, 0.2) is 0 Å². The Morgan fingerprint density at radius 2 is 1.83 bits per heavy atom. The summed E-state index contributed by atoms with van der Waals surface area (Å²) in [5.74, 6) is -0.393. The van der Waals surface area contributed by atoms with Gasteiger partial charge in [0.25, 0.3) is 5.91 Å². The quantitative estimate of drug-likeness (QED) is 0.697. The average molecular weight is 452 g/mol. The Labute approximate surface area is 182 Å². The van der Waals surface area contributed by atoms with E-state index in [0.29, 0.717) is 61.4 Å². The van der Waals surface area contributed by atoms with E-state index in [9.17, 15) is 13.2 Å². The summed E-state index contributed by atoms with van der Waals surface area (Å²) in [6.07, 6.45) is 0. The first kappa shape index (κ1) is 22.6. The first-order chi connectivity index (χ1) is 14.4. The van der Waals surface area contributed by atoms with Crippen molar-refractivity contribution in [2.24, 2.45) is 0 Å². The molecule has 0 unspecified atom stereocenters. The van der Waals surface area contributed by atoms with E-state index in [1.807, 2.05) is 4.90 Å². The number of carbonyl (C=O) groups is 1. The van der Waals surface area contributed by atoms with Gasteiger partial charge in [0.2, 0.25) is 10.0 Å². The number of sulfonamides is 1. The van der Waals surface area contributed by atoms with E-state index >= 15 is 0 Å². The average Bonchev–Trinajstić information content (AvgIpc) is 2.74. The number of carbonyl (C=O) groups excluding carboxylic acids is 1. The summed E-state index contributed by atoms with van der Waals surface area (Å²) in [7, 11) is -3.70. The normalized spacial score (nSPS) is 14.7. The number of ether oxygens (including phenoxy) is 1. The van der Waals surface area contributed by atoms with Crippen molar-refractivity contribution in [3.8, 4) is 0 Å². The SMILES string of the molecule is CCN(CC)S(=O)(=O)c1ccc(N2CCOCC2)c(C(=O)Nc2cccc(Cl)c2)c1. The predicted molar refractivity (Wildman–Crippen MR) is 119 cm³/mol. The van der Waals surface area contributed by atoms with Crippen molar-refractivity contribution < 1.29 is 17.9 Å². The third kappa shape index (κ3) is 4.95. The zero-order valence-electron chi connectivity index (χ0n) is 17.1. The second-order valence-electron chi connectivity index (χ2n) is 6.83. The predicted octanol–water partition coefficient (Wildman–Crippen LogP) is 3.46. The molecule has 162 valence electrons. The second-order valence-corrected chi connectivity index (χ2v) is 9.21. The van der Waals surface area contributed by atoms with Crippen molar-refractivity contribution in [1.29, 1.82) is 0 Å². The van der Waals surface area contributed by atoms with Crippen molar-refractivity contribution >= 4 is 38.9 Å². The molecule has 2 aromatic carbocycles. The maximum absolute atomic E-state index is 13.2. The molecule has 0 spiro atoms. The maximum Gasteiger partial charge on any atom is 0.257 e. The Hall–Kier alpha value is -2.13. The van der Waals surface area contributed by atoms with Gasteiger partial charge in [-0.1, -0.05) is 31.5 Å². The highest BCUT2D eigenvalue weighted by Crippen LogP contribution is 2.28. The number of halogens is 1. The summed E-state index contributed by atoms with van der Waals surface area (Å²) in [5.41, 5.74) is 1.51. The van der Waals surface area contributed by atoms with Crippen LogP contribution in [0.2, 0.25) is 5.02 Å². The summed E-state index contributed by atoms with van der Waals surface area (Å²) in [5, 5.41) is 3.32. The Balaban J connectivity index is 2.02. The van der Waals surface area contributed by atoms with Crippen LogP contribution in [-0.4, -0.2) is 58.0 Å². The zero-order chi connectivity index (χ0) is 21.7. The van der Waals surface area contributed by atoms with E-state index in [1.54, 1.807) is 50.2 Å². The number of nitrogens with one attached hydrogen (secondary N) is 1. The van der Waals surface area contributed by atoms with Crippen molar-refractivity contribution in [1.82, 2.24) is 4.31 Å². The van der Waals surface area contributed by atoms with Gasteiger partial charge in [0.1, 0.15) is 0 Å². The molecule has 1 aliphatic rings. The van der Waals surface area contributed by atoms with Crippen LogP contribution in [0.15, 0.2) is 47.4 Å². The molecule has 1 saturated heterocycles. The fourth-order valence-corrected chi connectivity index (χ4v) is 5.09. The molecule has 1 aliphatic heterocycles. The minimum absolute atomic E-state index is 0.0967. The number of nitrogens with zero attached hydrogens (tertiary/aromatic N) is 2. The minimum atomic E-state index is -3.70. The molecule has 1 fully saturated rings. The van der Waals surface area contributed by atoms with E-state index < -0.39 is 15.9 Å². The molecular formula is C21H26ClN3O4S. The molecule has 2 aromatic rings. The van der Waals surface area contributed by atoms with Crippen molar-refractivity contribution in [3.63, 3.8) is 0 Å². The van der Waals surface area contributed by atoms with Gasteiger partial charge in [-0.15, -0.1) is 0 Å². The van der Waals surface area contributed by atoms with Gasteiger partial charge in [-0.3, -0.25) is 4.79 Å². The molecular weight excluding hydrogens is 426 g/mol. The standard InChI is InChI=1S/C21H26ClN3O4S/c1-3-25(4-2)30(27,28)18-8-9-20(24-10-12-29-13-11-24)19(15-18)21(26)23-17-7-5-6-16(22)14-17/h5-9,14-15H,3-4,10-13H2,1-2H3,(H,23,26). The lowest BCUT2D eigenvalue weighted by Gasteiger charge is -2.30. The summed E-state index contributed by atoms with van der Waals surface area (Å²) in [6, 6.07) is 11.6. The molecule has 30 heavy (non-hydrogen) atoms. The molecule has 0 aliphatic carbocycles. The Kier molecular flexibility index (Phi) is 7.36. The highest BCUT2D eigenvalue weighted by atomic mass is 35.5. The van der Waals surface area contributed by atoms with Crippen LogP contribution in [0.3, 0.4) is 0 Å². The summed E-state index contributed by atoms with van der Waals surface area (Å²) in [4.78, 5) is 15.3. The van der Waals surface area contributed by atoms with Crippen LogP contribution < -0.4 is 10.2 Å². The molecule has 0 bridgehead atoms. The number of anilines is 2. The maximum atomic E-state index is 13.2. The largest absolute Gasteiger partial charge is 0.378 e. The summed E-state index contributed by atoms with van der Waals surface area (Å²) >= 11 is 6.02. The van der Waals surface area contributed by atoms with Gasteiger partial charge in [-0.25, -0.2) is 8.42 Å². The van der Waals surface area contributed by atoms with Crippen molar-refractivity contribution in [2.75, 3.05) is 49.6 Å². The summed E-state index contributed by atoms with van der Waals surface area (Å²) < 4.78 is 32.8. The van der Waals surface area contributed by atoms with E-state index in [0.717, 1.165) is 0 Å². The first-order valence-electron chi connectivity index (χ1n) is 9.90. The molecule has 0 radical (unpaired) electrons. The molecule has 0 atom stereocenters. The van der Waals surface area contributed by atoms with Gasteiger partial charge in [0.05, 0.1) is 23.7 Å². The monoisotopic (exact) mass is 451 g/mol. The van der Waals surface area contributed by atoms with Gasteiger partial charge in [-0.2, -0.15) is 4.31 Å². The zero-order valence-corrected chi connectivity index (χ0v) is 18.7. The number of benzene rings is 2. The number of hydrogen-bond acceptors (Lipinski definition) is 5. The summed E-state index contributed by atoms with van der Waals surface area (Å²) in [6.45, 7) is 6.64. The van der Waals surface area contributed by atoms with Crippen molar-refractivity contribution in [2.45, 2.75) is 18.7 Å². The lowest BCUT2D eigenvalue weighted by molar-refractivity contribution is 0.102. The van der Waals surface area contributed by atoms with Crippen LogP contribution in [0, 0.1) is 0 Å². The number of hydrogen-bond donors (Lipinski definition) is 1. The third-order valence-corrected chi connectivity index (χ3v) is 7.27. The van der Waals surface area contributed by atoms with Crippen molar-refractivity contribution in [3.05, 3.63) is 53.1 Å². The Morgan fingerprint density at radius 3 is 2.47 bits per heavy atom. The number of rotatable bonds is 7. The first-order valence-corrected chi connectivity index (χ1v) is 11.7. The fraction of sp³-hybridized carbons (Fsp3) is 0.381. The number of amides is 1. The topological polar surface area (TPSA) is 79.0 Å². The van der Waals surface area contributed by atoms with Crippen LogP contribution in [0.1, 0.15) is 24.2 Å². The molecule has 9 heteroatoms. The third-order valence-electron chi connectivity index (χ3n) is 4.99. The molecule has 1 amide bonds. The van der Waals surface area contributed by atoms with Gasteiger partial charge in [0, 0.05) is 42.6 Å². The minimum Gasteiger partial charge on any atom is -0.378 e. The highest BCUT2D eigenvalue weighted by molar-refractivity contribution is 7.89. The number of morpholine rings is 1.